The van der Waals surface area contributed by atoms with Crippen molar-refractivity contribution in [3.63, 3.8) is 0 Å². The normalized spacial score (nSPS) is 17.8. The molecule has 0 bridgehead atoms. The summed E-state index contributed by atoms with van der Waals surface area (Å²) in [7, 11) is -4.36. The van der Waals surface area contributed by atoms with E-state index in [0.717, 1.165) is 0 Å². The fourth-order valence-electron chi connectivity index (χ4n) is 0.487. The first-order valence-corrected chi connectivity index (χ1v) is 4.70. The van der Waals surface area contributed by atoms with Gasteiger partial charge in [-0.2, -0.15) is 0 Å². The summed E-state index contributed by atoms with van der Waals surface area (Å²) in [5.41, 5.74) is 0. The van der Waals surface area contributed by atoms with Crippen LogP contribution in [-0.2, 0) is 13.9 Å². The maximum absolute atomic E-state index is 10.8. The van der Waals surface area contributed by atoms with E-state index in [-0.39, 0.29) is 0 Å². The number of carbonyl (C=O) groups is 1. The van der Waals surface area contributed by atoms with Crippen LogP contribution in [0.25, 0.3) is 0 Å². The van der Waals surface area contributed by atoms with E-state index < -0.39 is 33.2 Å². The topological polar surface area (TPSA) is 136 Å². The Balaban J connectivity index is 4.22. The second kappa shape index (κ2) is 5.28. The van der Waals surface area contributed by atoms with Gasteiger partial charge >= 0.3 is 13.7 Å². The zero-order valence-electron chi connectivity index (χ0n) is 6.45. The van der Waals surface area contributed by atoms with Crippen LogP contribution in [0.15, 0.2) is 0 Å². The number of hydrogen-bond acceptors (Lipinski definition) is 5. The first-order chi connectivity index (χ1) is 5.93. The lowest BCUT2D eigenvalue weighted by Crippen LogP contribution is -2.38. The summed E-state index contributed by atoms with van der Waals surface area (Å²) in [6.07, 6.45) is 0. The molecular weight excluding hydrogens is 205 g/mol. The van der Waals surface area contributed by atoms with Gasteiger partial charge in [0, 0.05) is 0 Å². The molecule has 13 heavy (non-hydrogen) atoms. The largest absolute Gasteiger partial charge is 0.480 e. The molecule has 0 aliphatic carbocycles. The Labute approximate surface area is 73.4 Å². The van der Waals surface area contributed by atoms with Gasteiger partial charge < -0.3 is 20.2 Å². The Hall–Kier alpha value is -0.500. The van der Waals surface area contributed by atoms with Crippen LogP contribution in [0, 0.1) is 0 Å². The van der Waals surface area contributed by atoms with Crippen molar-refractivity contribution in [1.82, 2.24) is 5.09 Å². The van der Waals surface area contributed by atoms with Crippen LogP contribution in [-0.4, -0.2) is 45.6 Å². The monoisotopic (exact) mass is 215 g/mol. The summed E-state index contributed by atoms with van der Waals surface area (Å²) in [6.45, 7) is -1.90. The summed E-state index contributed by atoms with van der Waals surface area (Å²) >= 11 is 0. The smallest absolute Gasteiger partial charge is 0.405 e. The van der Waals surface area contributed by atoms with E-state index >= 15 is 0 Å². The molecule has 0 aromatic carbocycles. The van der Waals surface area contributed by atoms with Crippen molar-refractivity contribution >= 4 is 13.7 Å². The number of carboxylic acids is 1. The third-order valence-corrected chi connectivity index (χ3v) is 2.14. The number of rotatable bonds is 6. The Morgan fingerprint density at radius 2 is 2.08 bits per heavy atom. The number of aliphatic carboxylic acids is 1. The zero-order valence-corrected chi connectivity index (χ0v) is 7.35. The molecule has 0 aromatic heterocycles. The maximum atomic E-state index is 10.8. The van der Waals surface area contributed by atoms with Gasteiger partial charge in [-0.05, 0) is 0 Å². The van der Waals surface area contributed by atoms with Gasteiger partial charge in [0.1, 0.15) is 6.04 Å². The third kappa shape index (κ3) is 4.94. The molecule has 0 aliphatic heterocycles. The van der Waals surface area contributed by atoms with E-state index in [1.807, 2.05) is 0 Å². The van der Waals surface area contributed by atoms with Crippen LogP contribution in [0.3, 0.4) is 0 Å². The number of hydrogen-bond donors (Lipinski definition) is 5. The molecule has 0 aliphatic rings. The van der Waals surface area contributed by atoms with Crippen LogP contribution >= 0.6 is 7.75 Å². The number of nitrogens with one attached hydrogen (secondary N) is 1. The number of aliphatic hydroxyl groups is 2. The summed E-state index contributed by atoms with van der Waals surface area (Å²) in [5.74, 6) is -1.50. The minimum absolute atomic E-state index is 0.866. The molecule has 0 saturated heterocycles. The molecule has 1 unspecified atom stereocenters. The second-order valence-electron chi connectivity index (χ2n) is 1.98. The van der Waals surface area contributed by atoms with Crippen molar-refractivity contribution in [1.29, 1.82) is 0 Å². The highest BCUT2D eigenvalue weighted by Gasteiger charge is 2.27. The van der Waals surface area contributed by atoms with Crippen LogP contribution in [0.4, 0.5) is 0 Å². The Morgan fingerprint density at radius 3 is 2.38 bits per heavy atom. The maximum Gasteiger partial charge on any atom is 0.405 e. The number of aliphatic hydroxyl groups excluding tert-OH is 2. The first kappa shape index (κ1) is 12.5. The van der Waals surface area contributed by atoms with Gasteiger partial charge in [0.25, 0.3) is 0 Å². The number of carboxylic acid groups (broad SMARTS) is 1. The lowest BCUT2D eigenvalue weighted by molar-refractivity contribution is -0.140. The molecule has 0 amide bonds. The highest BCUT2D eigenvalue weighted by molar-refractivity contribution is 7.50. The SMILES string of the molecule is O=C(O)[C@H](CO)NP(=O)(O)OCO. The van der Waals surface area contributed by atoms with Crippen LogP contribution in [0.5, 0.6) is 0 Å². The fourth-order valence-corrected chi connectivity index (χ4v) is 1.30. The van der Waals surface area contributed by atoms with Gasteiger partial charge in [-0.3, -0.25) is 9.32 Å². The summed E-state index contributed by atoms with van der Waals surface area (Å²) in [4.78, 5) is 19.0. The molecule has 5 N–H and O–H groups in total. The van der Waals surface area contributed by atoms with E-state index in [0.29, 0.717) is 0 Å². The molecule has 0 rings (SSSR count). The van der Waals surface area contributed by atoms with Crippen molar-refractivity contribution in [2.24, 2.45) is 0 Å². The Bertz CT molecular complexity index is 219. The van der Waals surface area contributed by atoms with Crippen molar-refractivity contribution in [2.45, 2.75) is 6.04 Å². The minimum atomic E-state index is -4.36. The molecule has 0 aromatic rings. The quantitative estimate of drug-likeness (QED) is 0.255. The van der Waals surface area contributed by atoms with Crippen molar-refractivity contribution in [2.75, 3.05) is 13.4 Å². The molecule has 0 radical (unpaired) electrons. The average molecular weight is 215 g/mol. The van der Waals surface area contributed by atoms with E-state index in [1.165, 1.54) is 0 Å². The second-order valence-corrected chi connectivity index (χ2v) is 3.54. The molecule has 8 nitrogen and oxygen atoms in total. The summed E-state index contributed by atoms with van der Waals surface area (Å²) in [6, 6.07) is -1.61. The summed E-state index contributed by atoms with van der Waals surface area (Å²) in [5, 5.41) is 26.5. The standard InChI is InChI=1S/C4H10NO7P/c6-1-3(4(8)9)5-13(10,11)12-2-7/h3,6-7H,1-2H2,(H,8,9)(H2,5,10,11)/t3-/m0/s1. The highest BCUT2D eigenvalue weighted by Crippen LogP contribution is 2.36. The molecule has 0 spiro atoms. The first-order valence-electron chi connectivity index (χ1n) is 3.12. The van der Waals surface area contributed by atoms with Crippen molar-refractivity contribution < 1.29 is 34.1 Å². The predicted octanol–water partition coefficient (Wildman–Crippen LogP) is -1.91. The molecule has 0 heterocycles. The van der Waals surface area contributed by atoms with Crippen molar-refractivity contribution in [3.8, 4) is 0 Å². The molecule has 0 saturated carbocycles. The van der Waals surface area contributed by atoms with Crippen molar-refractivity contribution in [3.05, 3.63) is 0 Å². The lowest BCUT2D eigenvalue weighted by Gasteiger charge is -2.15. The molecular formula is C4H10NO7P. The molecule has 9 heteroatoms. The average Bonchev–Trinajstić information content (AvgIpc) is 1.99. The molecule has 2 atom stereocenters. The third-order valence-electron chi connectivity index (χ3n) is 1.03. The lowest BCUT2D eigenvalue weighted by atomic mass is 10.3. The molecule has 0 fully saturated rings. The van der Waals surface area contributed by atoms with E-state index in [2.05, 4.69) is 4.52 Å². The van der Waals surface area contributed by atoms with Crippen LogP contribution in [0.2, 0.25) is 0 Å². The summed E-state index contributed by atoms with van der Waals surface area (Å²) < 4.78 is 14.7. The van der Waals surface area contributed by atoms with Gasteiger partial charge in [-0.15, -0.1) is 0 Å². The van der Waals surface area contributed by atoms with Gasteiger partial charge in [-0.25, -0.2) is 9.65 Å². The fraction of sp³-hybridized carbons (Fsp3) is 0.750. The van der Waals surface area contributed by atoms with Gasteiger partial charge in [-0.1, -0.05) is 0 Å². The minimum Gasteiger partial charge on any atom is -0.480 e. The Kier molecular flexibility index (Phi) is 5.07. The predicted molar refractivity (Wildman–Crippen MR) is 39.6 cm³/mol. The Morgan fingerprint density at radius 1 is 1.54 bits per heavy atom. The van der Waals surface area contributed by atoms with E-state index in [1.54, 1.807) is 5.09 Å². The van der Waals surface area contributed by atoms with Gasteiger partial charge in [0.15, 0.2) is 6.79 Å². The highest BCUT2D eigenvalue weighted by atomic mass is 31.2. The van der Waals surface area contributed by atoms with Gasteiger partial charge in [0.2, 0.25) is 0 Å². The molecule has 78 valence electrons. The van der Waals surface area contributed by atoms with E-state index in [4.69, 9.17) is 20.2 Å². The van der Waals surface area contributed by atoms with E-state index in [9.17, 15) is 9.36 Å². The van der Waals surface area contributed by atoms with Crippen LogP contribution in [0.1, 0.15) is 0 Å². The van der Waals surface area contributed by atoms with Gasteiger partial charge in [0.05, 0.1) is 6.61 Å². The van der Waals surface area contributed by atoms with Crippen LogP contribution < -0.4 is 5.09 Å². The zero-order chi connectivity index (χ0) is 10.5.